The van der Waals surface area contributed by atoms with Gasteiger partial charge in [0.25, 0.3) is 5.91 Å². The maximum atomic E-state index is 12.5. The van der Waals surface area contributed by atoms with Crippen LogP contribution in [0.3, 0.4) is 0 Å². The van der Waals surface area contributed by atoms with Gasteiger partial charge in [-0.3, -0.25) is 9.48 Å². The summed E-state index contributed by atoms with van der Waals surface area (Å²) in [5.41, 5.74) is 3.05. The minimum atomic E-state index is -0.229. The lowest BCUT2D eigenvalue weighted by Gasteiger charge is -2.28. The first-order valence-electron chi connectivity index (χ1n) is 8.49. The molecule has 0 bridgehead atoms. The smallest absolute Gasteiger partial charge is 0.275 e. The first kappa shape index (κ1) is 16.8. The van der Waals surface area contributed by atoms with Crippen molar-refractivity contribution in [2.75, 3.05) is 23.3 Å². The largest absolute Gasteiger partial charge is 0.372 e. The number of nitrogens with one attached hydrogen (secondary N) is 1. The molecule has 1 N–H and O–H groups in total. The number of hydrogen-bond donors (Lipinski definition) is 1. The van der Waals surface area contributed by atoms with Gasteiger partial charge < -0.3 is 10.2 Å². The third kappa shape index (κ3) is 3.41. The molecule has 1 aromatic carbocycles. The Balaban J connectivity index is 1.73. The standard InChI is InChI=1S/C18H23ClN4O/c1-3-23-17(16(19)13(2)21-23)18(24)20-14-7-9-15(10-8-14)22-11-5-4-6-12-22/h7-10H,3-6,11-12H2,1-2H3,(H,20,24). The summed E-state index contributed by atoms with van der Waals surface area (Å²) in [5, 5.41) is 7.61. The molecule has 3 rings (SSSR count). The average molecular weight is 347 g/mol. The van der Waals surface area contributed by atoms with E-state index >= 15 is 0 Å². The van der Waals surface area contributed by atoms with Crippen LogP contribution in [0.2, 0.25) is 5.02 Å². The topological polar surface area (TPSA) is 50.2 Å². The molecule has 0 radical (unpaired) electrons. The van der Waals surface area contributed by atoms with Crippen LogP contribution in [0.5, 0.6) is 0 Å². The van der Waals surface area contributed by atoms with Gasteiger partial charge in [-0.2, -0.15) is 5.10 Å². The quantitative estimate of drug-likeness (QED) is 0.906. The summed E-state index contributed by atoms with van der Waals surface area (Å²) in [7, 11) is 0. The second kappa shape index (κ2) is 7.26. The Morgan fingerprint density at radius 3 is 2.50 bits per heavy atom. The van der Waals surface area contributed by atoms with Crippen LogP contribution in [0.1, 0.15) is 42.4 Å². The molecule has 1 aromatic heterocycles. The van der Waals surface area contributed by atoms with Gasteiger partial charge in [0.1, 0.15) is 5.69 Å². The maximum absolute atomic E-state index is 12.5. The molecule has 6 heteroatoms. The minimum absolute atomic E-state index is 0.229. The molecule has 1 fully saturated rings. The number of carbonyl (C=O) groups excluding carboxylic acids is 1. The van der Waals surface area contributed by atoms with Crippen molar-refractivity contribution in [2.24, 2.45) is 0 Å². The van der Waals surface area contributed by atoms with E-state index in [2.05, 4.69) is 27.4 Å². The summed E-state index contributed by atoms with van der Waals surface area (Å²) in [4.78, 5) is 14.9. The number of nitrogens with zero attached hydrogens (tertiary/aromatic N) is 3. The molecule has 2 heterocycles. The van der Waals surface area contributed by atoms with Crippen molar-refractivity contribution in [3.63, 3.8) is 0 Å². The van der Waals surface area contributed by atoms with Crippen molar-refractivity contribution in [3.05, 3.63) is 40.7 Å². The summed E-state index contributed by atoms with van der Waals surface area (Å²) in [6.07, 6.45) is 3.81. The van der Waals surface area contributed by atoms with E-state index in [1.165, 1.54) is 24.9 Å². The number of aryl methyl sites for hydroxylation is 2. The molecule has 0 atom stereocenters. The minimum Gasteiger partial charge on any atom is -0.372 e. The molecule has 1 aliphatic heterocycles. The van der Waals surface area contributed by atoms with E-state index in [1.807, 2.05) is 19.1 Å². The fraction of sp³-hybridized carbons (Fsp3) is 0.444. The van der Waals surface area contributed by atoms with Crippen molar-refractivity contribution in [3.8, 4) is 0 Å². The van der Waals surface area contributed by atoms with Crippen molar-refractivity contribution in [2.45, 2.75) is 39.7 Å². The molecule has 0 aliphatic carbocycles. The molecule has 0 spiro atoms. The Hall–Kier alpha value is -2.01. The van der Waals surface area contributed by atoms with E-state index < -0.39 is 0 Å². The van der Waals surface area contributed by atoms with E-state index in [1.54, 1.807) is 11.6 Å². The highest BCUT2D eigenvalue weighted by atomic mass is 35.5. The van der Waals surface area contributed by atoms with Gasteiger partial charge in [-0.15, -0.1) is 0 Å². The zero-order valence-electron chi connectivity index (χ0n) is 14.2. The second-order valence-electron chi connectivity index (χ2n) is 6.11. The van der Waals surface area contributed by atoms with E-state index in [0.717, 1.165) is 18.8 Å². The highest BCUT2D eigenvalue weighted by molar-refractivity contribution is 6.34. The average Bonchev–Trinajstić information content (AvgIpc) is 2.91. The van der Waals surface area contributed by atoms with Crippen LogP contribution in [0.4, 0.5) is 11.4 Å². The summed E-state index contributed by atoms with van der Waals surface area (Å²) >= 11 is 6.23. The predicted octanol–water partition coefficient (Wildman–Crippen LogP) is 4.11. The van der Waals surface area contributed by atoms with Gasteiger partial charge in [0.05, 0.1) is 10.7 Å². The van der Waals surface area contributed by atoms with Crippen LogP contribution in [-0.4, -0.2) is 28.8 Å². The number of benzene rings is 1. The normalized spacial score (nSPS) is 14.7. The number of aromatic nitrogens is 2. The Morgan fingerprint density at radius 2 is 1.88 bits per heavy atom. The van der Waals surface area contributed by atoms with Crippen molar-refractivity contribution in [1.82, 2.24) is 9.78 Å². The van der Waals surface area contributed by atoms with E-state index in [9.17, 15) is 4.79 Å². The van der Waals surface area contributed by atoms with Gasteiger partial charge in [-0.05, 0) is 57.4 Å². The van der Waals surface area contributed by atoms with E-state index in [0.29, 0.717) is 23.0 Å². The molecule has 128 valence electrons. The number of amides is 1. The van der Waals surface area contributed by atoms with Gasteiger partial charge in [-0.1, -0.05) is 11.6 Å². The van der Waals surface area contributed by atoms with Crippen molar-refractivity contribution < 1.29 is 4.79 Å². The van der Waals surface area contributed by atoms with Crippen molar-refractivity contribution in [1.29, 1.82) is 0 Å². The molecule has 1 amide bonds. The van der Waals surface area contributed by atoms with Crippen LogP contribution in [0.25, 0.3) is 0 Å². The molecule has 1 aliphatic rings. The molecule has 2 aromatic rings. The van der Waals surface area contributed by atoms with Crippen LogP contribution in [0, 0.1) is 6.92 Å². The van der Waals surface area contributed by atoms with Gasteiger partial charge >= 0.3 is 0 Å². The van der Waals surface area contributed by atoms with Gasteiger partial charge in [-0.25, -0.2) is 0 Å². The Bertz CT molecular complexity index is 717. The number of hydrogen-bond acceptors (Lipinski definition) is 3. The van der Waals surface area contributed by atoms with Crippen LogP contribution < -0.4 is 10.2 Å². The Morgan fingerprint density at radius 1 is 1.21 bits per heavy atom. The SMILES string of the molecule is CCn1nc(C)c(Cl)c1C(=O)Nc1ccc(N2CCCCC2)cc1. The highest BCUT2D eigenvalue weighted by Crippen LogP contribution is 2.24. The van der Waals surface area contributed by atoms with E-state index in [-0.39, 0.29) is 5.91 Å². The second-order valence-corrected chi connectivity index (χ2v) is 6.49. The summed E-state index contributed by atoms with van der Waals surface area (Å²) in [6.45, 7) is 6.56. The Labute approximate surface area is 147 Å². The number of rotatable bonds is 4. The van der Waals surface area contributed by atoms with Crippen LogP contribution >= 0.6 is 11.6 Å². The number of anilines is 2. The fourth-order valence-electron chi connectivity index (χ4n) is 3.10. The first-order chi connectivity index (χ1) is 11.6. The predicted molar refractivity (Wildman–Crippen MR) is 98.1 cm³/mol. The molecule has 5 nitrogen and oxygen atoms in total. The lowest BCUT2D eigenvalue weighted by atomic mass is 10.1. The zero-order valence-corrected chi connectivity index (χ0v) is 14.9. The highest BCUT2D eigenvalue weighted by Gasteiger charge is 2.20. The Kier molecular flexibility index (Phi) is 5.09. The lowest BCUT2D eigenvalue weighted by molar-refractivity contribution is 0.101. The van der Waals surface area contributed by atoms with Gasteiger partial charge in [0.2, 0.25) is 0 Å². The molecule has 0 unspecified atom stereocenters. The molecular formula is C18H23ClN4O. The van der Waals surface area contributed by atoms with Gasteiger partial charge in [0, 0.05) is 31.0 Å². The zero-order chi connectivity index (χ0) is 17.1. The fourth-order valence-corrected chi connectivity index (χ4v) is 3.32. The third-order valence-corrected chi connectivity index (χ3v) is 4.87. The van der Waals surface area contributed by atoms with E-state index in [4.69, 9.17) is 11.6 Å². The number of halogens is 1. The monoisotopic (exact) mass is 346 g/mol. The molecular weight excluding hydrogens is 324 g/mol. The molecule has 0 saturated carbocycles. The van der Waals surface area contributed by atoms with Gasteiger partial charge in [0.15, 0.2) is 0 Å². The van der Waals surface area contributed by atoms with Crippen LogP contribution in [-0.2, 0) is 6.54 Å². The number of piperidine rings is 1. The lowest BCUT2D eigenvalue weighted by Crippen LogP contribution is -2.29. The van der Waals surface area contributed by atoms with Crippen LogP contribution in [0.15, 0.2) is 24.3 Å². The molecule has 24 heavy (non-hydrogen) atoms. The summed E-state index contributed by atoms with van der Waals surface area (Å²) in [5.74, 6) is -0.229. The first-order valence-corrected chi connectivity index (χ1v) is 8.87. The summed E-state index contributed by atoms with van der Waals surface area (Å²) < 4.78 is 1.63. The maximum Gasteiger partial charge on any atom is 0.275 e. The number of carbonyl (C=O) groups is 1. The summed E-state index contributed by atoms with van der Waals surface area (Å²) in [6, 6.07) is 8.00. The molecule has 1 saturated heterocycles. The van der Waals surface area contributed by atoms with Crippen molar-refractivity contribution >= 4 is 28.9 Å². The third-order valence-electron chi connectivity index (χ3n) is 4.42.